The van der Waals surface area contributed by atoms with Crippen molar-refractivity contribution in [1.29, 1.82) is 0 Å². The van der Waals surface area contributed by atoms with Crippen LogP contribution in [-0.2, 0) is 30.5 Å². The fourth-order valence-electron chi connectivity index (χ4n) is 3.03. The molecule has 150 valence electrons. The Morgan fingerprint density at radius 3 is 2.59 bits per heavy atom. The van der Waals surface area contributed by atoms with Gasteiger partial charge < -0.3 is 29.6 Å². The van der Waals surface area contributed by atoms with Gasteiger partial charge in [0.1, 0.15) is 24.6 Å². The minimum Gasteiger partial charge on any atom is -0.549 e. The summed E-state index contributed by atoms with van der Waals surface area (Å²) < 4.78 is 9.97. The number of amides is 2. The molecule has 9 nitrogen and oxygen atoms in total. The van der Waals surface area contributed by atoms with Gasteiger partial charge in [0.2, 0.25) is 5.91 Å². The number of benzene rings is 1. The molecule has 2 amide bonds. The van der Waals surface area contributed by atoms with Gasteiger partial charge in [-0.1, -0.05) is 30.3 Å². The number of hydrogen-bond acceptors (Lipinski definition) is 8. The summed E-state index contributed by atoms with van der Waals surface area (Å²) in [5.41, 5.74) is -0.656. The summed E-state index contributed by atoms with van der Waals surface area (Å²) >= 11 is 1.19. The van der Waals surface area contributed by atoms with Gasteiger partial charge in [-0.25, -0.2) is 4.79 Å². The summed E-state index contributed by atoms with van der Waals surface area (Å²) in [6, 6.07) is 8.32. The number of carbonyl (C=O) groups is 4. The van der Waals surface area contributed by atoms with Crippen molar-refractivity contribution in [3.8, 4) is 0 Å². The summed E-state index contributed by atoms with van der Waals surface area (Å²) in [4.78, 5) is 48.3. The molecule has 2 aliphatic rings. The molecular formula is C18H19N2NaO7S. The van der Waals surface area contributed by atoms with E-state index in [-0.39, 0.29) is 55.1 Å². The number of ether oxygens (including phenoxy) is 2. The first kappa shape index (κ1) is 23.5. The number of hydrogen-bond donors (Lipinski definition) is 1. The second-order valence-corrected chi connectivity index (χ2v) is 7.80. The molecule has 0 saturated carbocycles. The number of rotatable bonds is 6. The summed E-state index contributed by atoms with van der Waals surface area (Å²) in [6.07, 6.45) is -0.723. The number of carbonyl (C=O) groups excluding carboxylic acids is 4. The van der Waals surface area contributed by atoms with Gasteiger partial charge in [0.05, 0.1) is 11.4 Å². The van der Waals surface area contributed by atoms with Crippen molar-refractivity contribution < 1.29 is 63.3 Å². The van der Waals surface area contributed by atoms with Gasteiger partial charge in [0.15, 0.2) is 0 Å². The number of β-lactam (4-membered cyclic amide) rings is 1. The van der Waals surface area contributed by atoms with Crippen molar-refractivity contribution in [1.82, 2.24) is 10.2 Å². The monoisotopic (exact) mass is 430 g/mol. The Morgan fingerprint density at radius 1 is 1.28 bits per heavy atom. The van der Waals surface area contributed by atoms with Crippen LogP contribution in [0, 0.1) is 5.41 Å². The summed E-state index contributed by atoms with van der Waals surface area (Å²) in [5, 5.41) is 13.7. The van der Waals surface area contributed by atoms with E-state index in [0.29, 0.717) is 0 Å². The smallest absolute Gasteiger partial charge is 0.549 e. The summed E-state index contributed by atoms with van der Waals surface area (Å²) in [6.45, 7) is 0.741. The van der Waals surface area contributed by atoms with Gasteiger partial charge in [0, 0.05) is 19.2 Å². The first-order chi connectivity index (χ1) is 13.3. The van der Waals surface area contributed by atoms with Crippen LogP contribution in [0.5, 0.6) is 0 Å². The SMILES string of the molecule is CC(=O)OCC1(C(=O)[O-])CS[C@@H]2C(NC(=O)OCc3ccccc3)C(=O)N2C1.[Na+]. The number of carboxylic acids is 1. The third-order valence-corrected chi connectivity index (χ3v) is 6.20. The number of carboxylic acid groups (broad SMARTS) is 1. The van der Waals surface area contributed by atoms with Crippen LogP contribution >= 0.6 is 11.8 Å². The second-order valence-electron chi connectivity index (χ2n) is 6.70. The van der Waals surface area contributed by atoms with E-state index in [2.05, 4.69) is 5.32 Å². The normalized spacial score (nSPS) is 25.0. The van der Waals surface area contributed by atoms with Gasteiger partial charge in [-0.05, 0) is 5.56 Å². The van der Waals surface area contributed by atoms with Gasteiger partial charge in [-0.3, -0.25) is 9.59 Å². The Labute approximate surface area is 193 Å². The zero-order valence-electron chi connectivity index (χ0n) is 16.1. The number of esters is 1. The molecule has 11 heteroatoms. The molecule has 2 fully saturated rings. The van der Waals surface area contributed by atoms with Gasteiger partial charge >= 0.3 is 41.6 Å². The predicted molar refractivity (Wildman–Crippen MR) is 95.6 cm³/mol. The van der Waals surface area contributed by atoms with Crippen molar-refractivity contribution in [3.63, 3.8) is 0 Å². The van der Waals surface area contributed by atoms with Crippen LogP contribution < -0.4 is 40.0 Å². The van der Waals surface area contributed by atoms with E-state index < -0.39 is 40.8 Å². The number of thioether (sulfide) groups is 1. The Morgan fingerprint density at radius 2 is 1.97 bits per heavy atom. The van der Waals surface area contributed by atoms with Crippen LogP contribution in [0.4, 0.5) is 4.79 Å². The van der Waals surface area contributed by atoms with Gasteiger partial charge in [0.25, 0.3) is 0 Å². The quantitative estimate of drug-likeness (QED) is 0.280. The predicted octanol–water partition coefficient (Wildman–Crippen LogP) is -3.50. The van der Waals surface area contributed by atoms with Crippen LogP contribution in [0.2, 0.25) is 0 Å². The van der Waals surface area contributed by atoms with E-state index in [4.69, 9.17) is 9.47 Å². The molecule has 0 aromatic heterocycles. The van der Waals surface area contributed by atoms with Crippen LogP contribution in [0.25, 0.3) is 0 Å². The summed E-state index contributed by atoms with van der Waals surface area (Å²) in [5.74, 6) is -2.31. The molecule has 0 spiro atoms. The molecule has 1 N–H and O–H groups in total. The maximum absolute atomic E-state index is 12.4. The zero-order chi connectivity index (χ0) is 20.3. The second kappa shape index (κ2) is 9.84. The van der Waals surface area contributed by atoms with Crippen molar-refractivity contribution in [2.75, 3.05) is 18.9 Å². The zero-order valence-corrected chi connectivity index (χ0v) is 18.9. The van der Waals surface area contributed by atoms with Crippen molar-refractivity contribution >= 4 is 35.7 Å². The van der Waals surface area contributed by atoms with Crippen molar-refractivity contribution in [2.45, 2.75) is 24.9 Å². The van der Waals surface area contributed by atoms with E-state index in [1.54, 1.807) is 0 Å². The molecule has 29 heavy (non-hydrogen) atoms. The van der Waals surface area contributed by atoms with Crippen LogP contribution in [0.3, 0.4) is 0 Å². The molecule has 2 saturated heterocycles. The molecule has 0 radical (unpaired) electrons. The number of aliphatic carboxylic acids is 1. The molecule has 2 unspecified atom stereocenters. The van der Waals surface area contributed by atoms with Gasteiger partial charge in [-0.2, -0.15) is 0 Å². The molecule has 0 bridgehead atoms. The Hall–Kier alpha value is -1.75. The van der Waals surface area contributed by atoms with E-state index in [9.17, 15) is 24.3 Å². The Bertz CT molecular complexity index is 794. The number of alkyl carbamates (subject to hydrolysis) is 1. The molecule has 1 aromatic rings. The minimum atomic E-state index is -1.47. The largest absolute Gasteiger partial charge is 1.00 e. The summed E-state index contributed by atoms with van der Waals surface area (Å²) in [7, 11) is 0. The number of nitrogens with one attached hydrogen (secondary N) is 1. The fourth-order valence-corrected chi connectivity index (χ4v) is 4.55. The number of fused-ring (bicyclic) bond motifs is 1. The fraction of sp³-hybridized carbons (Fsp3) is 0.444. The maximum Gasteiger partial charge on any atom is 1.00 e. The van der Waals surface area contributed by atoms with E-state index >= 15 is 0 Å². The molecule has 2 heterocycles. The average molecular weight is 430 g/mol. The number of nitrogens with zero attached hydrogens (tertiary/aromatic N) is 1. The topological polar surface area (TPSA) is 125 Å². The van der Waals surface area contributed by atoms with Crippen molar-refractivity contribution in [3.05, 3.63) is 35.9 Å². The van der Waals surface area contributed by atoms with E-state index in [1.165, 1.54) is 23.6 Å². The third kappa shape index (κ3) is 5.25. The van der Waals surface area contributed by atoms with E-state index in [0.717, 1.165) is 5.56 Å². The van der Waals surface area contributed by atoms with Crippen LogP contribution in [0.15, 0.2) is 30.3 Å². The first-order valence-corrected chi connectivity index (χ1v) is 9.61. The minimum absolute atomic E-state index is 0. The molecule has 0 aliphatic carbocycles. The van der Waals surface area contributed by atoms with Crippen molar-refractivity contribution in [2.24, 2.45) is 5.41 Å². The molecule has 2 aliphatic heterocycles. The average Bonchev–Trinajstić information content (AvgIpc) is 2.69. The molecule has 1 aromatic carbocycles. The first-order valence-electron chi connectivity index (χ1n) is 8.56. The molecular weight excluding hydrogens is 411 g/mol. The van der Waals surface area contributed by atoms with Crippen LogP contribution in [-0.4, -0.2) is 59.2 Å². The van der Waals surface area contributed by atoms with Gasteiger partial charge in [-0.15, -0.1) is 11.8 Å². The van der Waals surface area contributed by atoms with E-state index in [1.807, 2.05) is 30.3 Å². The van der Waals surface area contributed by atoms with Crippen LogP contribution in [0.1, 0.15) is 12.5 Å². The standard InChI is InChI=1S/C18H20N2O7S.Na/c1-11(21)27-9-18(16(23)24)8-20-14(22)13(15(20)28-10-18)19-17(25)26-7-12-5-3-2-4-6-12;/h2-6,13,15H,7-10H2,1H3,(H,19,25)(H,23,24);/q;+1/p-1/t13?,15-,18?;/m1./s1. The third-order valence-electron chi connectivity index (χ3n) is 4.62. The Kier molecular flexibility index (Phi) is 7.98. The Balaban J connectivity index is 0.00000300. The molecule has 3 atom stereocenters. The molecule has 3 rings (SSSR count). The maximum atomic E-state index is 12.4.